The lowest BCUT2D eigenvalue weighted by atomic mass is 9.96. The largest absolute Gasteiger partial charge is 0.497 e. The van der Waals surface area contributed by atoms with Gasteiger partial charge in [-0.25, -0.2) is 4.79 Å². The molecule has 1 aromatic carbocycles. The molecule has 0 aliphatic carbocycles. The van der Waals surface area contributed by atoms with Crippen molar-refractivity contribution in [2.24, 2.45) is 0 Å². The molecule has 1 rings (SSSR count). The molecule has 0 aromatic heterocycles. The Bertz CT molecular complexity index is 326. The van der Waals surface area contributed by atoms with Gasteiger partial charge in [-0.15, -0.1) is 0 Å². The maximum absolute atomic E-state index is 10.7. The predicted molar refractivity (Wildman–Crippen MR) is 50.2 cm³/mol. The smallest absolute Gasteiger partial charge is 0.340 e. The van der Waals surface area contributed by atoms with Crippen LogP contribution < -0.4 is 4.74 Å². The van der Waals surface area contributed by atoms with Crippen molar-refractivity contribution in [2.45, 2.75) is 12.5 Å². The SMILES string of the molecule is COc1ccc(C(C)(O)C(=O)O)cc1. The minimum Gasteiger partial charge on any atom is -0.497 e. The maximum Gasteiger partial charge on any atom is 0.340 e. The van der Waals surface area contributed by atoms with E-state index in [9.17, 15) is 9.90 Å². The molecular weight excluding hydrogens is 184 g/mol. The quantitative estimate of drug-likeness (QED) is 0.756. The van der Waals surface area contributed by atoms with Crippen molar-refractivity contribution in [3.8, 4) is 5.75 Å². The Hall–Kier alpha value is -1.55. The topological polar surface area (TPSA) is 66.8 Å². The van der Waals surface area contributed by atoms with Crippen molar-refractivity contribution < 1.29 is 19.7 Å². The second kappa shape index (κ2) is 3.67. The second-order valence-electron chi connectivity index (χ2n) is 3.11. The van der Waals surface area contributed by atoms with Gasteiger partial charge >= 0.3 is 5.97 Å². The number of hydrogen-bond donors (Lipinski definition) is 2. The first-order valence-electron chi connectivity index (χ1n) is 4.09. The third-order valence-corrected chi connectivity index (χ3v) is 2.07. The number of carboxylic acid groups (broad SMARTS) is 1. The fourth-order valence-electron chi connectivity index (χ4n) is 1.04. The molecule has 76 valence electrons. The molecule has 1 unspecified atom stereocenters. The van der Waals surface area contributed by atoms with E-state index >= 15 is 0 Å². The predicted octanol–water partition coefficient (Wildman–Crippen LogP) is 0.987. The molecule has 0 aliphatic heterocycles. The first-order valence-corrected chi connectivity index (χ1v) is 4.09. The van der Waals surface area contributed by atoms with Gasteiger partial charge in [0.15, 0.2) is 5.60 Å². The van der Waals surface area contributed by atoms with E-state index in [2.05, 4.69) is 0 Å². The molecule has 0 spiro atoms. The highest BCUT2D eigenvalue weighted by atomic mass is 16.5. The van der Waals surface area contributed by atoms with Crippen LogP contribution in [0.25, 0.3) is 0 Å². The zero-order chi connectivity index (χ0) is 10.8. The maximum atomic E-state index is 10.7. The summed E-state index contributed by atoms with van der Waals surface area (Å²) in [7, 11) is 1.52. The minimum atomic E-state index is -1.85. The second-order valence-corrected chi connectivity index (χ2v) is 3.11. The van der Waals surface area contributed by atoms with Crippen molar-refractivity contribution in [3.05, 3.63) is 29.8 Å². The van der Waals surface area contributed by atoms with E-state index in [1.54, 1.807) is 12.1 Å². The van der Waals surface area contributed by atoms with E-state index in [4.69, 9.17) is 9.84 Å². The Kier molecular flexibility index (Phi) is 2.76. The van der Waals surface area contributed by atoms with Crippen LogP contribution in [-0.2, 0) is 10.4 Å². The molecular formula is C10H12O4. The zero-order valence-electron chi connectivity index (χ0n) is 8.02. The lowest BCUT2D eigenvalue weighted by Gasteiger charge is -2.18. The van der Waals surface area contributed by atoms with E-state index in [1.807, 2.05) is 0 Å². The van der Waals surface area contributed by atoms with Crippen molar-refractivity contribution in [1.82, 2.24) is 0 Å². The summed E-state index contributed by atoms with van der Waals surface area (Å²) in [4.78, 5) is 10.7. The molecule has 0 amide bonds. The highest BCUT2D eigenvalue weighted by molar-refractivity contribution is 5.78. The van der Waals surface area contributed by atoms with Gasteiger partial charge in [0.1, 0.15) is 5.75 Å². The number of benzene rings is 1. The van der Waals surface area contributed by atoms with Crippen LogP contribution in [0.3, 0.4) is 0 Å². The molecule has 1 atom stereocenters. The van der Waals surface area contributed by atoms with Crippen LogP contribution in [0.15, 0.2) is 24.3 Å². The number of carboxylic acids is 1. The van der Waals surface area contributed by atoms with Crippen molar-refractivity contribution in [3.63, 3.8) is 0 Å². The average molecular weight is 196 g/mol. The van der Waals surface area contributed by atoms with Crippen LogP contribution in [0, 0.1) is 0 Å². The number of carbonyl (C=O) groups is 1. The fourth-order valence-corrected chi connectivity index (χ4v) is 1.04. The number of ether oxygens (including phenoxy) is 1. The molecule has 4 nitrogen and oxygen atoms in total. The molecule has 0 fully saturated rings. The molecule has 2 N–H and O–H groups in total. The fraction of sp³-hybridized carbons (Fsp3) is 0.300. The number of rotatable bonds is 3. The van der Waals surface area contributed by atoms with Gasteiger partial charge in [0.25, 0.3) is 0 Å². The van der Waals surface area contributed by atoms with Gasteiger partial charge in [-0.2, -0.15) is 0 Å². The molecule has 0 radical (unpaired) electrons. The number of aliphatic carboxylic acids is 1. The van der Waals surface area contributed by atoms with Gasteiger partial charge in [-0.1, -0.05) is 12.1 Å². The van der Waals surface area contributed by atoms with E-state index in [-0.39, 0.29) is 0 Å². The Balaban J connectivity index is 3.02. The first kappa shape index (κ1) is 10.5. The first-order chi connectivity index (χ1) is 6.48. The number of aliphatic hydroxyl groups is 1. The van der Waals surface area contributed by atoms with E-state index in [0.717, 1.165) is 0 Å². The van der Waals surface area contributed by atoms with Gasteiger partial charge in [-0.05, 0) is 24.6 Å². The molecule has 0 aliphatic rings. The van der Waals surface area contributed by atoms with Gasteiger partial charge in [-0.3, -0.25) is 0 Å². The van der Waals surface area contributed by atoms with E-state index in [1.165, 1.54) is 26.2 Å². The molecule has 1 aromatic rings. The van der Waals surface area contributed by atoms with Crippen LogP contribution >= 0.6 is 0 Å². The third-order valence-electron chi connectivity index (χ3n) is 2.07. The lowest BCUT2D eigenvalue weighted by Crippen LogP contribution is -2.31. The molecule has 0 bridgehead atoms. The summed E-state index contributed by atoms with van der Waals surface area (Å²) in [6.07, 6.45) is 0. The lowest BCUT2D eigenvalue weighted by molar-refractivity contribution is -0.157. The highest BCUT2D eigenvalue weighted by Gasteiger charge is 2.31. The average Bonchev–Trinajstić information content (AvgIpc) is 2.17. The Morgan fingerprint density at radius 1 is 1.36 bits per heavy atom. The van der Waals surface area contributed by atoms with Crippen molar-refractivity contribution >= 4 is 5.97 Å². The van der Waals surface area contributed by atoms with E-state index in [0.29, 0.717) is 11.3 Å². The van der Waals surface area contributed by atoms with Crippen molar-refractivity contribution in [1.29, 1.82) is 0 Å². The van der Waals surface area contributed by atoms with Gasteiger partial charge in [0.05, 0.1) is 7.11 Å². The summed E-state index contributed by atoms with van der Waals surface area (Å²) in [5.74, 6) is -0.655. The summed E-state index contributed by atoms with van der Waals surface area (Å²) in [5, 5.41) is 18.3. The van der Waals surface area contributed by atoms with E-state index < -0.39 is 11.6 Å². The summed E-state index contributed by atoms with van der Waals surface area (Å²) in [6, 6.07) is 6.25. The molecule has 0 saturated heterocycles. The monoisotopic (exact) mass is 196 g/mol. The van der Waals surface area contributed by atoms with Crippen LogP contribution in [0.4, 0.5) is 0 Å². The van der Waals surface area contributed by atoms with Gasteiger partial charge in [0, 0.05) is 0 Å². The number of hydrogen-bond acceptors (Lipinski definition) is 3. The van der Waals surface area contributed by atoms with Gasteiger partial charge in [0.2, 0.25) is 0 Å². The Morgan fingerprint density at radius 2 is 1.86 bits per heavy atom. The summed E-state index contributed by atoms with van der Waals surface area (Å²) >= 11 is 0. The van der Waals surface area contributed by atoms with Crippen LogP contribution in [0.2, 0.25) is 0 Å². The van der Waals surface area contributed by atoms with Crippen molar-refractivity contribution in [2.75, 3.05) is 7.11 Å². The van der Waals surface area contributed by atoms with Gasteiger partial charge < -0.3 is 14.9 Å². The molecule has 0 heterocycles. The van der Waals surface area contributed by atoms with Crippen LogP contribution in [0.5, 0.6) is 5.75 Å². The van der Waals surface area contributed by atoms with Crippen LogP contribution in [0.1, 0.15) is 12.5 Å². The minimum absolute atomic E-state index is 0.325. The summed E-state index contributed by atoms with van der Waals surface area (Å²) in [6.45, 7) is 1.23. The summed E-state index contributed by atoms with van der Waals surface area (Å²) in [5.41, 5.74) is -1.53. The third kappa shape index (κ3) is 1.85. The molecule has 0 saturated carbocycles. The zero-order valence-corrected chi connectivity index (χ0v) is 8.02. The normalized spacial score (nSPS) is 14.5. The van der Waals surface area contributed by atoms with Crippen LogP contribution in [-0.4, -0.2) is 23.3 Å². The summed E-state index contributed by atoms with van der Waals surface area (Å²) < 4.78 is 4.91. The molecule has 4 heteroatoms. The Morgan fingerprint density at radius 3 is 2.21 bits per heavy atom. The Labute approximate surface area is 81.8 Å². The highest BCUT2D eigenvalue weighted by Crippen LogP contribution is 2.22. The molecule has 14 heavy (non-hydrogen) atoms. The standard InChI is InChI=1S/C10H12O4/c1-10(13,9(11)12)7-3-5-8(14-2)6-4-7/h3-6,13H,1-2H3,(H,11,12). The number of methoxy groups -OCH3 is 1.